The SMILES string of the molecule is COc1ccc(N2CCN(S(=O)(=O)CCNC(=O)/C=C/c3ccc(OC)c(OC)c3)CC2)cc1. The van der Waals surface area contributed by atoms with Gasteiger partial charge < -0.3 is 24.4 Å². The van der Waals surface area contributed by atoms with Crippen LogP contribution in [-0.2, 0) is 14.8 Å². The van der Waals surface area contributed by atoms with Crippen molar-refractivity contribution in [3.8, 4) is 17.2 Å². The van der Waals surface area contributed by atoms with E-state index in [1.54, 1.807) is 38.5 Å². The number of nitrogens with zero attached hydrogens (tertiary/aromatic N) is 2. The first kappa shape index (κ1) is 25.4. The van der Waals surface area contributed by atoms with E-state index in [1.807, 2.05) is 24.3 Å². The Morgan fingerprint density at radius 3 is 2.24 bits per heavy atom. The quantitative estimate of drug-likeness (QED) is 0.510. The van der Waals surface area contributed by atoms with Crippen LogP contribution in [0, 0.1) is 0 Å². The molecule has 0 aromatic heterocycles. The van der Waals surface area contributed by atoms with Gasteiger partial charge in [-0.25, -0.2) is 8.42 Å². The number of carbonyl (C=O) groups excluding carboxylic acids is 1. The van der Waals surface area contributed by atoms with Crippen molar-refractivity contribution in [1.82, 2.24) is 9.62 Å². The van der Waals surface area contributed by atoms with E-state index in [9.17, 15) is 13.2 Å². The molecular formula is C24H31N3O6S. The number of anilines is 1. The molecule has 2 aromatic carbocycles. The fraction of sp³-hybridized carbons (Fsp3) is 0.375. The lowest BCUT2D eigenvalue weighted by molar-refractivity contribution is -0.116. The summed E-state index contributed by atoms with van der Waals surface area (Å²) in [5.41, 5.74) is 1.79. The van der Waals surface area contributed by atoms with Crippen LogP contribution in [0.4, 0.5) is 5.69 Å². The van der Waals surface area contributed by atoms with Crippen molar-refractivity contribution in [3.05, 3.63) is 54.1 Å². The summed E-state index contributed by atoms with van der Waals surface area (Å²) in [6, 6.07) is 13.0. The number of benzene rings is 2. The molecule has 1 saturated heterocycles. The summed E-state index contributed by atoms with van der Waals surface area (Å²) < 4.78 is 42.5. The average Bonchev–Trinajstić information content (AvgIpc) is 2.87. The third-order valence-corrected chi connectivity index (χ3v) is 7.44. The van der Waals surface area contributed by atoms with Crippen LogP contribution >= 0.6 is 0 Å². The van der Waals surface area contributed by atoms with Gasteiger partial charge in [0.05, 0.1) is 27.1 Å². The highest BCUT2D eigenvalue weighted by atomic mass is 32.2. The fourth-order valence-corrected chi connectivity index (χ4v) is 4.97. The summed E-state index contributed by atoms with van der Waals surface area (Å²) in [4.78, 5) is 14.3. The molecule has 0 atom stereocenters. The smallest absolute Gasteiger partial charge is 0.244 e. The molecule has 10 heteroatoms. The van der Waals surface area contributed by atoms with Gasteiger partial charge >= 0.3 is 0 Å². The molecule has 1 N–H and O–H groups in total. The molecule has 1 fully saturated rings. The number of nitrogens with one attached hydrogen (secondary N) is 1. The van der Waals surface area contributed by atoms with Crippen molar-refractivity contribution in [2.75, 3.05) is 64.7 Å². The molecule has 0 saturated carbocycles. The third kappa shape index (κ3) is 6.64. The summed E-state index contributed by atoms with van der Waals surface area (Å²) in [7, 11) is 1.25. The molecule has 1 aliphatic heterocycles. The van der Waals surface area contributed by atoms with E-state index in [0.717, 1.165) is 17.0 Å². The number of amides is 1. The monoisotopic (exact) mass is 489 g/mol. The number of hydrogen-bond donors (Lipinski definition) is 1. The predicted molar refractivity (Wildman–Crippen MR) is 132 cm³/mol. The van der Waals surface area contributed by atoms with Crippen LogP contribution in [0.5, 0.6) is 17.2 Å². The lowest BCUT2D eigenvalue weighted by Crippen LogP contribution is -2.50. The van der Waals surface area contributed by atoms with Crippen LogP contribution in [0.15, 0.2) is 48.5 Å². The van der Waals surface area contributed by atoms with Gasteiger partial charge in [-0.2, -0.15) is 4.31 Å². The highest BCUT2D eigenvalue weighted by Gasteiger charge is 2.26. The fourth-order valence-electron chi connectivity index (χ4n) is 3.64. The van der Waals surface area contributed by atoms with Crippen molar-refractivity contribution in [2.24, 2.45) is 0 Å². The van der Waals surface area contributed by atoms with Gasteiger partial charge in [-0.1, -0.05) is 6.07 Å². The molecule has 1 aliphatic rings. The molecular weight excluding hydrogens is 458 g/mol. The number of carbonyl (C=O) groups is 1. The van der Waals surface area contributed by atoms with Crippen molar-refractivity contribution in [2.45, 2.75) is 0 Å². The third-order valence-electron chi connectivity index (χ3n) is 5.56. The number of methoxy groups -OCH3 is 3. The Labute approximate surface area is 201 Å². The maximum absolute atomic E-state index is 12.7. The number of ether oxygens (including phenoxy) is 3. The average molecular weight is 490 g/mol. The zero-order valence-electron chi connectivity index (χ0n) is 19.7. The van der Waals surface area contributed by atoms with Crippen LogP contribution < -0.4 is 24.4 Å². The second kappa shape index (κ2) is 11.8. The zero-order valence-corrected chi connectivity index (χ0v) is 20.5. The first-order valence-electron chi connectivity index (χ1n) is 10.9. The largest absolute Gasteiger partial charge is 0.497 e. The summed E-state index contributed by atoms with van der Waals surface area (Å²) in [5, 5.41) is 2.63. The molecule has 9 nitrogen and oxygen atoms in total. The summed E-state index contributed by atoms with van der Waals surface area (Å²) in [6.07, 6.45) is 2.99. The van der Waals surface area contributed by atoms with Gasteiger partial charge in [-0.05, 0) is 48.0 Å². The Morgan fingerprint density at radius 1 is 0.941 bits per heavy atom. The van der Waals surface area contributed by atoms with E-state index in [0.29, 0.717) is 37.7 Å². The van der Waals surface area contributed by atoms with Gasteiger partial charge in [0.25, 0.3) is 0 Å². The van der Waals surface area contributed by atoms with E-state index < -0.39 is 10.0 Å². The van der Waals surface area contributed by atoms with Gasteiger partial charge in [0, 0.05) is 44.5 Å². The van der Waals surface area contributed by atoms with E-state index >= 15 is 0 Å². The Balaban J connectivity index is 1.45. The van der Waals surface area contributed by atoms with Crippen molar-refractivity contribution in [1.29, 1.82) is 0 Å². The second-order valence-corrected chi connectivity index (χ2v) is 9.73. The van der Waals surface area contributed by atoms with Gasteiger partial charge in [-0.3, -0.25) is 4.79 Å². The van der Waals surface area contributed by atoms with Gasteiger partial charge in [0.1, 0.15) is 5.75 Å². The second-order valence-electron chi connectivity index (χ2n) is 7.64. The molecule has 184 valence electrons. The Kier molecular flexibility index (Phi) is 8.78. The van der Waals surface area contributed by atoms with Crippen molar-refractivity contribution >= 4 is 27.7 Å². The minimum atomic E-state index is -3.46. The van der Waals surface area contributed by atoms with Crippen LogP contribution in [0.3, 0.4) is 0 Å². The molecule has 0 aliphatic carbocycles. The molecule has 34 heavy (non-hydrogen) atoms. The Morgan fingerprint density at radius 2 is 1.62 bits per heavy atom. The van der Waals surface area contributed by atoms with E-state index in [2.05, 4.69) is 10.2 Å². The minimum absolute atomic E-state index is 0.0378. The Bertz CT molecular complexity index is 1090. The van der Waals surface area contributed by atoms with Crippen LogP contribution in [0.1, 0.15) is 5.56 Å². The summed E-state index contributed by atoms with van der Waals surface area (Å²) in [6.45, 7) is 2.05. The zero-order chi connectivity index (χ0) is 24.6. The molecule has 0 spiro atoms. The number of hydrogen-bond acceptors (Lipinski definition) is 7. The molecule has 3 rings (SSSR count). The number of sulfonamides is 1. The molecule has 0 unspecified atom stereocenters. The lowest BCUT2D eigenvalue weighted by Gasteiger charge is -2.35. The minimum Gasteiger partial charge on any atom is -0.497 e. The van der Waals surface area contributed by atoms with Crippen LogP contribution in [-0.4, -0.2) is 78.4 Å². The van der Waals surface area contributed by atoms with E-state index in [1.165, 1.54) is 17.5 Å². The maximum atomic E-state index is 12.7. The summed E-state index contributed by atoms with van der Waals surface area (Å²) >= 11 is 0. The number of piperazine rings is 1. The summed E-state index contributed by atoms with van der Waals surface area (Å²) in [5.74, 6) is 1.42. The maximum Gasteiger partial charge on any atom is 0.244 e. The number of rotatable bonds is 10. The topological polar surface area (TPSA) is 97.4 Å². The van der Waals surface area contributed by atoms with Crippen LogP contribution in [0.25, 0.3) is 6.08 Å². The van der Waals surface area contributed by atoms with E-state index in [4.69, 9.17) is 14.2 Å². The lowest BCUT2D eigenvalue weighted by atomic mass is 10.2. The normalized spacial score (nSPS) is 14.7. The first-order chi connectivity index (χ1) is 16.4. The molecule has 2 aromatic rings. The highest BCUT2D eigenvalue weighted by Crippen LogP contribution is 2.28. The molecule has 0 bridgehead atoms. The van der Waals surface area contributed by atoms with Gasteiger partial charge in [-0.15, -0.1) is 0 Å². The van der Waals surface area contributed by atoms with E-state index in [-0.39, 0.29) is 18.2 Å². The van der Waals surface area contributed by atoms with Gasteiger partial charge in [0.15, 0.2) is 11.5 Å². The molecule has 1 amide bonds. The predicted octanol–water partition coefficient (Wildman–Crippen LogP) is 1.99. The standard InChI is InChI=1S/C24H31N3O6S/c1-31-21-8-6-20(7-9-21)26-13-15-27(16-14-26)34(29,30)17-12-25-24(28)11-5-19-4-10-22(32-2)23(18-19)33-3/h4-11,18H,12-17H2,1-3H3,(H,25,28)/b11-5+. The van der Waals surface area contributed by atoms with Crippen molar-refractivity contribution in [3.63, 3.8) is 0 Å². The molecule has 1 heterocycles. The van der Waals surface area contributed by atoms with Gasteiger partial charge in [0.2, 0.25) is 15.9 Å². The van der Waals surface area contributed by atoms with Crippen LogP contribution in [0.2, 0.25) is 0 Å². The highest BCUT2D eigenvalue weighted by molar-refractivity contribution is 7.89. The first-order valence-corrected chi connectivity index (χ1v) is 12.5. The molecule has 0 radical (unpaired) electrons. The Hall–Kier alpha value is -3.24. The van der Waals surface area contributed by atoms with Crippen molar-refractivity contribution < 1.29 is 27.4 Å².